The second kappa shape index (κ2) is 1.74. The van der Waals surface area contributed by atoms with Crippen molar-refractivity contribution in [1.29, 1.82) is 0 Å². The van der Waals surface area contributed by atoms with E-state index in [9.17, 15) is 4.79 Å². The van der Waals surface area contributed by atoms with Crippen LogP contribution < -0.4 is 5.32 Å². The SMILES string of the molecule is C[C@@H]1C[C@H](O)C(=O)N1. The fourth-order valence-corrected chi connectivity index (χ4v) is 0.840. The molecule has 1 saturated heterocycles. The van der Waals surface area contributed by atoms with Crippen LogP contribution in [0.2, 0.25) is 0 Å². The third-order valence-corrected chi connectivity index (χ3v) is 1.27. The van der Waals surface area contributed by atoms with E-state index in [-0.39, 0.29) is 11.9 Å². The Bertz CT molecular complexity index is 113. The average Bonchev–Trinajstić information content (AvgIpc) is 1.85. The van der Waals surface area contributed by atoms with Crippen molar-refractivity contribution in [2.45, 2.75) is 25.5 Å². The maximum atomic E-state index is 10.4. The molecule has 1 rings (SSSR count). The number of carbonyl (C=O) groups excluding carboxylic acids is 1. The van der Waals surface area contributed by atoms with Gasteiger partial charge in [0, 0.05) is 12.5 Å². The van der Waals surface area contributed by atoms with E-state index in [1.807, 2.05) is 6.92 Å². The van der Waals surface area contributed by atoms with Crippen LogP contribution in [-0.2, 0) is 4.79 Å². The van der Waals surface area contributed by atoms with E-state index in [4.69, 9.17) is 5.11 Å². The molecule has 0 bridgehead atoms. The standard InChI is InChI=1S/C5H9NO2/c1-3-2-4(7)5(8)6-3/h3-4,7H,2H2,1H3,(H,6,8)/t3-,4+/m1/s1. The summed E-state index contributed by atoms with van der Waals surface area (Å²) >= 11 is 0. The van der Waals surface area contributed by atoms with Gasteiger partial charge in [-0.2, -0.15) is 0 Å². The van der Waals surface area contributed by atoms with E-state index in [1.54, 1.807) is 0 Å². The zero-order chi connectivity index (χ0) is 6.15. The van der Waals surface area contributed by atoms with Gasteiger partial charge in [0.25, 0.3) is 0 Å². The molecule has 1 fully saturated rings. The zero-order valence-electron chi connectivity index (χ0n) is 4.72. The maximum absolute atomic E-state index is 10.4. The van der Waals surface area contributed by atoms with Crippen molar-refractivity contribution in [3.63, 3.8) is 0 Å². The molecule has 0 aliphatic carbocycles. The highest BCUT2D eigenvalue weighted by Gasteiger charge is 2.26. The molecule has 0 aromatic carbocycles. The quantitative estimate of drug-likeness (QED) is 0.436. The minimum absolute atomic E-state index is 0.150. The van der Waals surface area contributed by atoms with Crippen LogP contribution in [0.1, 0.15) is 13.3 Å². The number of aliphatic hydroxyl groups is 1. The second-order valence-corrected chi connectivity index (χ2v) is 2.16. The fourth-order valence-electron chi connectivity index (χ4n) is 0.840. The van der Waals surface area contributed by atoms with Crippen LogP contribution in [0.15, 0.2) is 0 Å². The van der Waals surface area contributed by atoms with Gasteiger partial charge >= 0.3 is 0 Å². The molecule has 0 radical (unpaired) electrons. The van der Waals surface area contributed by atoms with Crippen LogP contribution in [0.5, 0.6) is 0 Å². The van der Waals surface area contributed by atoms with Gasteiger partial charge in [-0.25, -0.2) is 0 Å². The molecule has 3 nitrogen and oxygen atoms in total. The Morgan fingerprint density at radius 3 is 2.62 bits per heavy atom. The van der Waals surface area contributed by atoms with Crippen molar-refractivity contribution in [2.75, 3.05) is 0 Å². The summed E-state index contributed by atoms with van der Waals surface area (Å²) in [6.45, 7) is 1.87. The Labute approximate surface area is 47.7 Å². The molecule has 8 heavy (non-hydrogen) atoms. The number of carbonyl (C=O) groups is 1. The van der Waals surface area contributed by atoms with Gasteiger partial charge in [0.2, 0.25) is 5.91 Å². The first-order chi connectivity index (χ1) is 3.70. The molecule has 1 amide bonds. The van der Waals surface area contributed by atoms with E-state index in [2.05, 4.69) is 5.32 Å². The molecule has 0 unspecified atom stereocenters. The minimum atomic E-state index is -0.759. The van der Waals surface area contributed by atoms with Crippen LogP contribution in [0.25, 0.3) is 0 Å². The van der Waals surface area contributed by atoms with Crippen molar-refractivity contribution >= 4 is 5.91 Å². The normalized spacial score (nSPS) is 37.5. The first-order valence-corrected chi connectivity index (χ1v) is 2.68. The van der Waals surface area contributed by atoms with Crippen LogP contribution in [-0.4, -0.2) is 23.2 Å². The number of hydrogen-bond donors (Lipinski definition) is 2. The lowest BCUT2D eigenvalue weighted by Gasteiger charge is -1.95. The summed E-state index contributed by atoms with van der Waals surface area (Å²) < 4.78 is 0. The van der Waals surface area contributed by atoms with E-state index < -0.39 is 6.10 Å². The van der Waals surface area contributed by atoms with Crippen LogP contribution in [0, 0.1) is 0 Å². The number of rotatable bonds is 0. The van der Waals surface area contributed by atoms with Crippen molar-refractivity contribution in [2.24, 2.45) is 0 Å². The molecule has 1 aliphatic rings. The molecule has 0 aromatic heterocycles. The van der Waals surface area contributed by atoms with Crippen LogP contribution >= 0.6 is 0 Å². The summed E-state index contributed by atoms with van der Waals surface area (Å²) in [5.74, 6) is -0.238. The second-order valence-electron chi connectivity index (χ2n) is 2.16. The molecule has 1 heterocycles. The summed E-state index contributed by atoms with van der Waals surface area (Å²) in [6, 6.07) is 0.150. The largest absolute Gasteiger partial charge is 0.383 e. The highest BCUT2D eigenvalue weighted by atomic mass is 16.3. The predicted molar refractivity (Wildman–Crippen MR) is 28.2 cm³/mol. The van der Waals surface area contributed by atoms with Gasteiger partial charge in [0.05, 0.1) is 0 Å². The van der Waals surface area contributed by atoms with E-state index in [1.165, 1.54) is 0 Å². The molecular weight excluding hydrogens is 106 g/mol. The lowest BCUT2D eigenvalue weighted by Crippen LogP contribution is -2.25. The molecule has 2 atom stereocenters. The molecule has 2 N–H and O–H groups in total. The van der Waals surface area contributed by atoms with Crippen LogP contribution in [0.4, 0.5) is 0 Å². The first kappa shape index (κ1) is 5.56. The smallest absolute Gasteiger partial charge is 0.249 e. The van der Waals surface area contributed by atoms with Crippen molar-refractivity contribution in [1.82, 2.24) is 5.32 Å². The highest BCUT2D eigenvalue weighted by molar-refractivity contribution is 5.82. The molecule has 46 valence electrons. The van der Waals surface area contributed by atoms with Gasteiger partial charge in [-0.1, -0.05) is 0 Å². The zero-order valence-corrected chi connectivity index (χ0v) is 4.72. The van der Waals surface area contributed by atoms with Gasteiger partial charge in [0.15, 0.2) is 0 Å². The summed E-state index contributed by atoms with van der Waals surface area (Å²) in [7, 11) is 0. The highest BCUT2D eigenvalue weighted by Crippen LogP contribution is 2.05. The predicted octanol–water partition coefficient (Wildman–Crippen LogP) is -0.744. The Kier molecular flexibility index (Phi) is 1.21. The monoisotopic (exact) mass is 115 g/mol. The number of nitrogens with one attached hydrogen (secondary N) is 1. The van der Waals surface area contributed by atoms with E-state index >= 15 is 0 Å². The summed E-state index contributed by atoms with van der Waals surface area (Å²) in [5.41, 5.74) is 0. The number of hydrogen-bond acceptors (Lipinski definition) is 2. The topological polar surface area (TPSA) is 49.3 Å². The van der Waals surface area contributed by atoms with Crippen molar-refractivity contribution in [3.05, 3.63) is 0 Å². The Morgan fingerprint density at radius 1 is 1.88 bits per heavy atom. The third-order valence-electron chi connectivity index (χ3n) is 1.27. The molecule has 0 spiro atoms. The van der Waals surface area contributed by atoms with Gasteiger partial charge in [0.1, 0.15) is 6.10 Å². The molecule has 0 saturated carbocycles. The van der Waals surface area contributed by atoms with Gasteiger partial charge in [-0.3, -0.25) is 4.79 Å². The lowest BCUT2D eigenvalue weighted by molar-refractivity contribution is -0.126. The molecule has 3 heteroatoms. The minimum Gasteiger partial charge on any atom is -0.383 e. The maximum Gasteiger partial charge on any atom is 0.249 e. The Balaban J connectivity index is 2.51. The lowest BCUT2D eigenvalue weighted by atomic mass is 10.2. The molecular formula is C5H9NO2. The van der Waals surface area contributed by atoms with Crippen molar-refractivity contribution in [3.8, 4) is 0 Å². The molecule has 0 aromatic rings. The Morgan fingerprint density at radius 2 is 2.50 bits per heavy atom. The summed E-state index contributed by atoms with van der Waals surface area (Å²) in [5, 5.41) is 11.3. The third kappa shape index (κ3) is 0.816. The number of aliphatic hydroxyl groups excluding tert-OH is 1. The van der Waals surface area contributed by atoms with Crippen LogP contribution in [0.3, 0.4) is 0 Å². The van der Waals surface area contributed by atoms with E-state index in [0.29, 0.717) is 6.42 Å². The van der Waals surface area contributed by atoms with Gasteiger partial charge < -0.3 is 10.4 Å². The number of amides is 1. The summed E-state index contributed by atoms with van der Waals surface area (Å²) in [4.78, 5) is 10.4. The Hall–Kier alpha value is -0.570. The fraction of sp³-hybridized carbons (Fsp3) is 0.800. The van der Waals surface area contributed by atoms with Gasteiger partial charge in [-0.15, -0.1) is 0 Å². The van der Waals surface area contributed by atoms with Gasteiger partial charge in [-0.05, 0) is 6.92 Å². The first-order valence-electron chi connectivity index (χ1n) is 2.68. The average molecular weight is 115 g/mol. The van der Waals surface area contributed by atoms with Crippen molar-refractivity contribution < 1.29 is 9.90 Å². The molecule has 1 aliphatic heterocycles. The van der Waals surface area contributed by atoms with E-state index in [0.717, 1.165) is 0 Å². The summed E-state index contributed by atoms with van der Waals surface area (Å²) in [6.07, 6.45) is -0.205.